The van der Waals surface area contributed by atoms with Crippen LogP contribution >= 0.6 is 0 Å². The molecule has 1 aliphatic carbocycles. The van der Waals surface area contributed by atoms with Crippen molar-refractivity contribution in [1.82, 2.24) is 5.43 Å². The van der Waals surface area contributed by atoms with E-state index < -0.39 is 292 Å². The molecule has 17 heterocycles. The molecule has 1 saturated carbocycles. The Morgan fingerprint density at radius 3 is 0.901 bits per heavy atom. The second-order valence-electron chi connectivity index (χ2n) is 23.5. The zero-order valence-electron chi connectivity index (χ0n) is 48.8. The molecule has 14 bridgehead atoms. The number of aliphatic hydroxyl groups is 23. The highest BCUT2D eigenvalue weighted by Crippen LogP contribution is 2.40. The first-order valence-corrected chi connectivity index (χ1v) is 29.7. The third kappa shape index (κ3) is 16.1. The van der Waals surface area contributed by atoms with Gasteiger partial charge in [0.15, 0.2) is 44.0 Å². The van der Waals surface area contributed by atoms with Crippen LogP contribution in [-0.2, 0) is 71.1 Å². The molecule has 17 aliphatic heterocycles. The summed E-state index contributed by atoms with van der Waals surface area (Å²) in [4.78, 5) is 0. The molecular weight excluding hydrogens is 1250 g/mol. The molecule has 532 valence electrons. The van der Waals surface area contributed by atoms with Gasteiger partial charge in [0.1, 0.15) is 165 Å². The van der Waals surface area contributed by atoms with E-state index in [4.69, 9.17) is 76.9 Å². The smallest absolute Gasteiger partial charge is 0.187 e. The topological polar surface area (TPSA) is 642 Å². The van der Waals surface area contributed by atoms with Crippen molar-refractivity contribution in [3.05, 3.63) is 0 Å². The Morgan fingerprint density at radius 2 is 0.615 bits per heavy atom. The van der Waals surface area contributed by atoms with Gasteiger partial charge in [0.05, 0.1) is 70.7 Å². The Hall–Kier alpha value is -1.60. The summed E-state index contributed by atoms with van der Waals surface area (Å²) in [7, 11) is 0. The maximum absolute atomic E-state index is 11.7. The number of hydrazine groups is 1. The molecule has 0 aromatic rings. The van der Waals surface area contributed by atoms with Crippen molar-refractivity contribution in [2.45, 2.75) is 253 Å². The standard InChI is InChI=1S/C51H90N2O38/c1-13-18(7-56)79-45(15(62)6-55)86-39-16(2-3-53-52)78-46(32(71)26(39)65)87-40-20(9-58)81-48(34(73)28(40)67)89-42-22(11-60)83-50(36(75)30(42)69)91-44-23(12-61)84-51(37(76)31(44)70)90-43-21(10-59)82-49(35(74)29(43)68)88-41-19(8-57)80-47(33(72)27(41)66)85-38-14(5-54)4-17(77-13)24(63)25(38)64/h13-51,53-76H,2-12,52H2,1H3. The maximum atomic E-state index is 11.7. The van der Waals surface area contributed by atoms with Crippen molar-refractivity contribution in [2.24, 2.45) is 11.8 Å². The number of fused-ring (bicyclic) bond motifs is 1. The van der Waals surface area contributed by atoms with Crippen molar-refractivity contribution in [2.75, 3.05) is 59.4 Å². The molecule has 39 unspecified atom stereocenters. The molecule has 26 N–H and O–H groups in total. The zero-order valence-corrected chi connectivity index (χ0v) is 48.8. The van der Waals surface area contributed by atoms with E-state index in [1.54, 1.807) is 0 Å². The zero-order chi connectivity index (χ0) is 66.6. The molecule has 17 saturated heterocycles. The first-order chi connectivity index (χ1) is 43.3. The Morgan fingerprint density at radius 1 is 0.330 bits per heavy atom. The predicted molar refractivity (Wildman–Crippen MR) is 281 cm³/mol. The minimum atomic E-state index is -2.24. The van der Waals surface area contributed by atoms with E-state index in [0.29, 0.717) is 0 Å². The first kappa shape index (κ1) is 75.2. The van der Waals surface area contributed by atoms with Gasteiger partial charge in [-0.15, -0.1) is 0 Å². The molecule has 18 fully saturated rings. The molecule has 0 spiro atoms. The number of ether oxygens (including phenoxy) is 15. The summed E-state index contributed by atoms with van der Waals surface area (Å²) >= 11 is 0. The molecule has 40 heteroatoms. The van der Waals surface area contributed by atoms with E-state index in [-0.39, 0.29) is 19.4 Å². The van der Waals surface area contributed by atoms with E-state index in [2.05, 4.69) is 5.43 Å². The maximum Gasteiger partial charge on any atom is 0.187 e. The minimum Gasteiger partial charge on any atom is -0.396 e. The summed E-state index contributed by atoms with van der Waals surface area (Å²) in [5, 5.41) is 255. The van der Waals surface area contributed by atoms with Gasteiger partial charge >= 0.3 is 0 Å². The molecular formula is C51H90N2O38. The van der Waals surface area contributed by atoms with Crippen LogP contribution in [0.3, 0.4) is 0 Å². The van der Waals surface area contributed by atoms with Crippen LogP contribution in [0.15, 0.2) is 0 Å². The monoisotopic (exact) mass is 1340 g/mol. The Balaban J connectivity index is 1.07. The largest absolute Gasteiger partial charge is 0.396 e. The summed E-state index contributed by atoms with van der Waals surface area (Å²) in [6, 6.07) is 0. The van der Waals surface area contributed by atoms with Gasteiger partial charge in [0.25, 0.3) is 0 Å². The number of aliphatic hydroxyl groups excluding tert-OH is 23. The third-order valence-electron chi connectivity index (χ3n) is 17.6. The van der Waals surface area contributed by atoms with E-state index in [9.17, 15) is 117 Å². The molecule has 0 aromatic carbocycles. The van der Waals surface area contributed by atoms with Gasteiger partial charge in [-0.1, -0.05) is 0 Å². The van der Waals surface area contributed by atoms with Gasteiger partial charge in [-0.3, -0.25) is 11.3 Å². The molecule has 0 radical (unpaired) electrons. The van der Waals surface area contributed by atoms with Crippen molar-refractivity contribution < 1.29 is 189 Å². The molecule has 18 rings (SSSR count). The van der Waals surface area contributed by atoms with E-state index in [1.807, 2.05) is 0 Å². The average Bonchev–Trinajstić information content (AvgIpc) is 1.03. The number of hydrogen-bond acceptors (Lipinski definition) is 40. The highest BCUT2D eigenvalue weighted by Gasteiger charge is 2.59. The van der Waals surface area contributed by atoms with E-state index >= 15 is 0 Å². The second kappa shape index (κ2) is 33.3. The first-order valence-electron chi connectivity index (χ1n) is 29.7. The average molecular weight is 1340 g/mol. The summed E-state index contributed by atoms with van der Waals surface area (Å²) in [5.74, 6) is 4.36. The van der Waals surface area contributed by atoms with Crippen LogP contribution in [0, 0.1) is 5.92 Å². The quantitative estimate of drug-likeness (QED) is 0.0637. The van der Waals surface area contributed by atoms with Crippen molar-refractivity contribution in [1.29, 1.82) is 0 Å². The molecule has 40 nitrogen and oxygen atoms in total. The van der Waals surface area contributed by atoms with Crippen LogP contribution in [0.2, 0.25) is 0 Å². The highest BCUT2D eigenvalue weighted by atomic mass is 16.8. The SMILES string of the molecule is CC1OC2CC(CO)C(OC3OC(CO)C(OC4OC(CO)C(OC5OC(CO)C(OC6OC(CO)C(OC7OC(CO)C(OC8OC(CCNN)C(OC(C(O)CO)OC1CO)C(O)C8O)C(O)C7O)C(O)C6O)C(O)C5O)C(O)C4O)C(O)C3O)C(O)C2O. The number of hydrogen-bond donors (Lipinski definition) is 25. The van der Waals surface area contributed by atoms with Crippen LogP contribution in [0.1, 0.15) is 19.8 Å². The molecule has 18 aliphatic rings. The lowest BCUT2D eigenvalue weighted by Gasteiger charge is -2.50. The van der Waals surface area contributed by atoms with Crippen molar-refractivity contribution in [3.63, 3.8) is 0 Å². The summed E-state index contributed by atoms with van der Waals surface area (Å²) in [6.45, 7) is -6.95. The molecule has 39 atom stereocenters. The van der Waals surface area contributed by atoms with E-state index in [1.165, 1.54) is 6.92 Å². The minimum absolute atomic E-state index is 0.121. The third-order valence-corrected chi connectivity index (χ3v) is 17.6. The van der Waals surface area contributed by atoms with Crippen LogP contribution in [0.4, 0.5) is 0 Å². The summed E-state index contributed by atoms with van der Waals surface area (Å²) < 4.78 is 87.3. The Bertz CT molecular complexity index is 2150. The van der Waals surface area contributed by atoms with Gasteiger partial charge in [0.2, 0.25) is 0 Å². The Kier molecular flexibility index (Phi) is 27.5. The number of nitrogens with two attached hydrogens (primary N) is 1. The van der Waals surface area contributed by atoms with Gasteiger partial charge in [0, 0.05) is 19.1 Å². The van der Waals surface area contributed by atoms with E-state index in [0.717, 1.165) is 0 Å². The lowest BCUT2D eigenvalue weighted by Crippen LogP contribution is -2.68. The highest BCUT2D eigenvalue weighted by molar-refractivity contribution is 5.02. The van der Waals surface area contributed by atoms with Crippen molar-refractivity contribution in [3.8, 4) is 0 Å². The molecule has 0 amide bonds. The summed E-state index contributed by atoms with van der Waals surface area (Å²) in [5.41, 5.74) is 2.36. The van der Waals surface area contributed by atoms with Crippen LogP contribution in [0.5, 0.6) is 0 Å². The normalized spacial score (nSPS) is 52.2. The molecule has 91 heavy (non-hydrogen) atoms. The predicted octanol–water partition coefficient (Wildman–Crippen LogP) is -16.2. The van der Waals surface area contributed by atoms with Crippen LogP contribution in [-0.4, -0.2) is 410 Å². The van der Waals surface area contributed by atoms with Gasteiger partial charge in [-0.05, 0) is 19.8 Å². The lowest BCUT2D eigenvalue weighted by molar-refractivity contribution is -0.398. The van der Waals surface area contributed by atoms with Gasteiger partial charge in [-0.2, -0.15) is 0 Å². The number of rotatable bonds is 12. The fourth-order valence-electron chi connectivity index (χ4n) is 12.3. The fourth-order valence-corrected chi connectivity index (χ4v) is 12.3. The Labute approximate surface area is 517 Å². The summed E-state index contributed by atoms with van der Waals surface area (Å²) in [6.07, 6.45) is -74.6. The number of nitrogens with one attached hydrogen (secondary N) is 1. The van der Waals surface area contributed by atoms with Gasteiger partial charge in [-0.25, -0.2) is 0 Å². The van der Waals surface area contributed by atoms with Gasteiger partial charge < -0.3 is 189 Å². The lowest BCUT2D eigenvalue weighted by atomic mass is 9.80. The van der Waals surface area contributed by atoms with Crippen LogP contribution < -0.4 is 11.3 Å². The second-order valence-corrected chi connectivity index (χ2v) is 23.5. The fraction of sp³-hybridized carbons (Fsp3) is 1.00. The molecule has 0 aromatic heterocycles. The van der Waals surface area contributed by atoms with Crippen LogP contribution in [0.25, 0.3) is 0 Å². The van der Waals surface area contributed by atoms with Crippen molar-refractivity contribution >= 4 is 0 Å².